The molecule has 1 aliphatic rings. The molecule has 6 nitrogen and oxygen atoms in total. The summed E-state index contributed by atoms with van der Waals surface area (Å²) in [6, 6.07) is 4.11. The molecule has 2 aromatic rings. The number of nitrogens with one attached hydrogen (secondary N) is 1. The van der Waals surface area contributed by atoms with E-state index in [4.69, 9.17) is 0 Å². The van der Waals surface area contributed by atoms with Crippen molar-refractivity contribution in [3.8, 4) is 0 Å². The zero-order valence-corrected chi connectivity index (χ0v) is 12.6. The lowest BCUT2D eigenvalue weighted by atomic mass is 10.2. The van der Waals surface area contributed by atoms with E-state index >= 15 is 0 Å². The van der Waals surface area contributed by atoms with Gasteiger partial charge in [0.15, 0.2) is 0 Å². The van der Waals surface area contributed by atoms with Gasteiger partial charge in [-0.1, -0.05) is 0 Å². The molecular weight excluding hydrogens is 325 g/mol. The highest BCUT2D eigenvalue weighted by Crippen LogP contribution is 2.29. The monoisotopic (exact) mass is 340 g/mol. The summed E-state index contributed by atoms with van der Waals surface area (Å²) < 4.78 is 40.1. The van der Waals surface area contributed by atoms with E-state index in [1.54, 1.807) is 4.57 Å². The Kier molecular flexibility index (Phi) is 4.16. The molecule has 0 radical (unpaired) electrons. The molecule has 3 rings (SSSR count). The van der Waals surface area contributed by atoms with Crippen LogP contribution in [0.5, 0.6) is 0 Å². The predicted molar refractivity (Wildman–Crippen MR) is 79.5 cm³/mol. The second-order valence-corrected chi connectivity index (χ2v) is 5.59. The van der Waals surface area contributed by atoms with E-state index in [2.05, 4.69) is 10.4 Å². The van der Waals surface area contributed by atoms with Gasteiger partial charge in [0.2, 0.25) is 5.91 Å². The second kappa shape index (κ2) is 6.14. The van der Waals surface area contributed by atoms with Crippen LogP contribution in [0.25, 0.3) is 0 Å². The number of nitrogens with zero attached hydrogens (tertiary/aromatic N) is 3. The average molecular weight is 340 g/mol. The molecular formula is C15H15F3N4O2. The minimum atomic E-state index is -4.43. The first-order valence-corrected chi connectivity index (χ1v) is 7.48. The van der Waals surface area contributed by atoms with E-state index in [1.165, 1.54) is 12.1 Å². The van der Waals surface area contributed by atoms with E-state index < -0.39 is 17.6 Å². The fraction of sp³-hybridized carbons (Fsp3) is 0.400. The van der Waals surface area contributed by atoms with Crippen molar-refractivity contribution >= 4 is 11.6 Å². The van der Waals surface area contributed by atoms with Crippen LogP contribution in [0.1, 0.15) is 24.2 Å². The maximum Gasteiger partial charge on any atom is 0.416 e. The Bertz CT molecular complexity index is 806. The summed E-state index contributed by atoms with van der Waals surface area (Å²) in [4.78, 5) is 24.1. The molecule has 1 aromatic carbocycles. The lowest BCUT2D eigenvalue weighted by Crippen LogP contribution is -2.30. The minimum absolute atomic E-state index is 0.227. The average Bonchev–Trinajstić information content (AvgIpc) is 2.83. The normalized spacial score (nSPS) is 14.3. The Hall–Kier alpha value is -2.58. The molecule has 0 spiro atoms. The maximum absolute atomic E-state index is 12.5. The van der Waals surface area contributed by atoms with Gasteiger partial charge in [0.25, 0.3) is 0 Å². The third-order valence-electron chi connectivity index (χ3n) is 3.82. The molecule has 0 saturated carbocycles. The number of carbonyl (C=O) groups excluding carboxylic acids is 1. The van der Waals surface area contributed by atoms with Crippen LogP contribution in [0, 0.1) is 0 Å². The van der Waals surface area contributed by atoms with Gasteiger partial charge >= 0.3 is 11.9 Å². The smallest absolute Gasteiger partial charge is 0.324 e. The summed E-state index contributed by atoms with van der Waals surface area (Å²) in [5.74, 6) is 0.140. The molecule has 0 saturated heterocycles. The number of benzene rings is 1. The number of rotatable bonds is 3. The molecule has 24 heavy (non-hydrogen) atoms. The van der Waals surface area contributed by atoms with Crippen LogP contribution in [-0.4, -0.2) is 20.3 Å². The number of aromatic nitrogens is 3. The van der Waals surface area contributed by atoms with Crippen LogP contribution in [-0.2, 0) is 30.5 Å². The summed E-state index contributed by atoms with van der Waals surface area (Å²) >= 11 is 0. The van der Waals surface area contributed by atoms with Gasteiger partial charge in [0.05, 0.1) is 5.56 Å². The third kappa shape index (κ3) is 3.34. The first kappa shape index (κ1) is 16.3. The number of hydrogen-bond acceptors (Lipinski definition) is 3. The SMILES string of the molecule is O=C(Cn1nc2n(c1=O)CCCC2)Nc1ccc(C(F)(F)F)cc1. The third-order valence-corrected chi connectivity index (χ3v) is 3.82. The molecule has 128 valence electrons. The Morgan fingerprint density at radius 1 is 1.21 bits per heavy atom. The summed E-state index contributed by atoms with van der Waals surface area (Å²) in [6.07, 6.45) is -1.88. The number of carbonyl (C=O) groups is 1. The van der Waals surface area contributed by atoms with Crippen molar-refractivity contribution in [1.29, 1.82) is 0 Å². The maximum atomic E-state index is 12.5. The standard InChI is InChI=1S/C15H15F3N4O2/c16-15(17,18)10-4-6-11(7-5-10)19-13(23)9-22-14(24)21-8-2-1-3-12(21)20-22/h4-7H,1-3,8-9H2,(H,19,23). The van der Waals surface area contributed by atoms with Crippen LogP contribution in [0.4, 0.5) is 18.9 Å². The number of alkyl halides is 3. The molecule has 0 bridgehead atoms. The van der Waals surface area contributed by atoms with Crippen molar-refractivity contribution in [2.75, 3.05) is 5.32 Å². The van der Waals surface area contributed by atoms with Crippen LogP contribution in [0.3, 0.4) is 0 Å². The first-order chi connectivity index (χ1) is 11.3. The van der Waals surface area contributed by atoms with Gasteiger partial charge in [-0.25, -0.2) is 9.48 Å². The molecule has 0 aliphatic carbocycles. The molecule has 0 fully saturated rings. The fourth-order valence-electron chi connectivity index (χ4n) is 2.63. The highest BCUT2D eigenvalue weighted by atomic mass is 19.4. The van der Waals surface area contributed by atoms with Gasteiger partial charge in [-0.05, 0) is 37.1 Å². The lowest BCUT2D eigenvalue weighted by Gasteiger charge is -2.09. The van der Waals surface area contributed by atoms with Gasteiger partial charge < -0.3 is 5.32 Å². The second-order valence-electron chi connectivity index (χ2n) is 5.59. The fourth-order valence-corrected chi connectivity index (χ4v) is 2.63. The van der Waals surface area contributed by atoms with Crippen molar-refractivity contribution in [1.82, 2.24) is 14.3 Å². The number of aryl methyl sites for hydroxylation is 1. The summed E-state index contributed by atoms with van der Waals surface area (Å²) in [5, 5.41) is 6.60. The zero-order valence-electron chi connectivity index (χ0n) is 12.6. The van der Waals surface area contributed by atoms with Crippen LogP contribution >= 0.6 is 0 Å². The molecule has 0 unspecified atom stereocenters. The molecule has 1 amide bonds. The van der Waals surface area contributed by atoms with E-state index in [0.717, 1.165) is 29.7 Å². The van der Waals surface area contributed by atoms with Gasteiger partial charge in [-0.2, -0.15) is 18.3 Å². The summed E-state index contributed by atoms with van der Waals surface area (Å²) in [7, 11) is 0. The quantitative estimate of drug-likeness (QED) is 0.930. The Labute approximate surface area is 134 Å². The molecule has 1 aliphatic heterocycles. The number of halogens is 3. The zero-order chi connectivity index (χ0) is 17.3. The van der Waals surface area contributed by atoms with Gasteiger partial charge in [0.1, 0.15) is 12.4 Å². The van der Waals surface area contributed by atoms with Gasteiger partial charge in [0, 0.05) is 18.7 Å². The minimum Gasteiger partial charge on any atom is -0.324 e. The largest absolute Gasteiger partial charge is 0.416 e. The number of amides is 1. The number of fused-ring (bicyclic) bond motifs is 1. The van der Waals surface area contributed by atoms with Crippen molar-refractivity contribution in [2.45, 2.75) is 38.5 Å². The number of anilines is 1. The topological polar surface area (TPSA) is 68.9 Å². The molecule has 1 aromatic heterocycles. The van der Waals surface area contributed by atoms with Gasteiger partial charge in [-0.3, -0.25) is 9.36 Å². The Morgan fingerprint density at radius 2 is 1.92 bits per heavy atom. The van der Waals surface area contributed by atoms with E-state index in [0.29, 0.717) is 18.8 Å². The van der Waals surface area contributed by atoms with Crippen molar-refractivity contribution in [3.05, 3.63) is 46.1 Å². The molecule has 9 heteroatoms. The van der Waals surface area contributed by atoms with Gasteiger partial charge in [-0.15, -0.1) is 0 Å². The summed E-state index contributed by atoms with van der Waals surface area (Å²) in [6.45, 7) is 0.314. The van der Waals surface area contributed by atoms with Crippen molar-refractivity contribution in [3.63, 3.8) is 0 Å². The van der Waals surface area contributed by atoms with Crippen molar-refractivity contribution < 1.29 is 18.0 Å². The van der Waals surface area contributed by atoms with E-state index in [1.807, 2.05) is 0 Å². The van der Waals surface area contributed by atoms with E-state index in [-0.39, 0.29) is 17.9 Å². The summed E-state index contributed by atoms with van der Waals surface area (Å²) in [5.41, 5.74) is -0.907. The predicted octanol–water partition coefficient (Wildman–Crippen LogP) is 2.04. The highest BCUT2D eigenvalue weighted by Gasteiger charge is 2.30. The Morgan fingerprint density at radius 3 is 2.54 bits per heavy atom. The van der Waals surface area contributed by atoms with Crippen LogP contribution in [0.2, 0.25) is 0 Å². The lowest BCUT2D eigenvalue weighted by molar-refractivity contribution is -0.137. The van der Waals surface area contributed by atoms with Crippen LogP contribution < -0.4 is 11.0 Å². The van der Waals surface area contributed by atoms with Crippen molar-refractivity contribution in [2.24, 2.45) is 0 Å². The molecule has 2 heterocycles. The highest BCUT2D eigenvalue weighted by molar-refractivity contribution is 5.90. The number of hydrogen-bond donors (Lipinski definition) is 1. The first-order valence-electron chi connectivity index (χ1n) is 7.48. The van der Waals surface area contributed by atoms with E-state index in [9.17, 15) is 22.8 Å². The van der Waals surface area contributed by atoms with Crippen LogP contribution in [0.15, 0.2) is 29.1 Å². The molecule has 0 atom stereocenters. The Balaban J connectivity index is 1.68. The molecule has 1 N–H and O–H groups in total.